The summed E-state index contributed by atoms with van der Waals surface area (Å²) in [6.07, 6.45) is 1.00. The summed E-state index contributed by atoms with van der Waals surface area (Å²) in [5.41, 5.74) is -0.218. The number of nitrogens with zero attached hydrogens (tertiary/aromatic N) is 2. The van der Waals surface area contributed by atoms with Crippen molar-refractivity contribution >= 4 is 23.2 Å². The number of rotatable bonds is 3. The number of carbonyl (C=O) groups is 1. The SMILES string of the molecule is CC(O)C1CCN(C(=O)c2ccc(Cl)cc2[N+](=O)[O-])CC1. The second kappa shape index (κ2) is 6.41. The van der Waals surface area contributed by atoms with E-state index < -0.39 is 11.0 Å². The van der Waals surface area contributed by atoms with E-state index in [1.807, 2.05) is 0 Å². The molecule has 6 nitrogen and oxygen atoms in total. The average molecular weight is 313 g/mol. The van der Waals surface area contributed by atoms with E-state index in [-0.39, 0.29) is 28.1 Å². The van der Waals surface area contributed by atoms with Gasteiger partial charge in [-0.1, -0.05) is 11.6 Å². The number of halogens is 1. The minimum absolute atomic E-state index is 0.0555. The highest BCUT2D eigenvalue weighted by Gasteiger charge is 2.29. The monoisotopic (exact) mass is 312 g/mol. The smallest absolute Gasteiger partial charge is 0.283 e. The van der Waals surface area contributed by atoms with Gasteiger partial charge in [-0.2, -0.15) is 0 Å². The predicted molar refractivity (Wildman–Crippen MR) is 78.4 cm³/mol. The fourth-order valence-electron chi connectivity index (χ4n) is 2.59. The van der Waals surface area contributed by atoms with E-state index in [9.17, 15) is 20.0 Å². The summed E-state index contributed by atoms with van der Waals surface area (Å²) in [6.45, 7) is 2.73. The van der Waals surface area contributed by atoms with Crippen molar-refractivity contribution in [2.45, 2.75) is 25.9 Å². The molecule has 0 bridgehead atoms. The van der Waals surface area contributed by atoms with Crippen molar-refractivity contribution in [1.29, 1.82) is 0 Å². The first-order valence-electron chi connectivity index (χ1n) is 6.81. The number of benzene rings is 1. The Labute approximate surface area is 127 Å². The fourth-order valence-corrected chi connectivity index (χ4v) is 2.76. The molecule has 21 heavy (non-hydrogen) atoms. The number of hydrogen-bond acceptors (Lipinski definition) is 4. The minimum atomic E-state index is -0.596. The summed E-state index contributed by atoms with van der Waals surface area (Å²) >= 11 is 5.75. The molecule has 1 amide bonds. The van der Waals surface area contributed by atoms with E-state index in [4.69, 9.17) is 11.6 Å². The van der Waals surface area contributed by atoms with E-state index in [0.29, 0.717) is 25.9 Å². The van der Waals surface area contributed by atoms with Crippen LogP contribution in [0.25, 0.3) is 0 Å². The molecular weight excluding hydrogens is 296 g/mol. The molecule has 114 valence electrons. The lowest BCUT2D eigenvalue weighted by Crippen LogP contribution is -2.40. The zero-order valence-electron chi connectivity index (χ0n) is 11.7. The maximum absolute atomic E-state index is 12.4. The van der Waals surface area contributed by atoms with Crippen LogP contribution in [0.1, 0.15) is 30.1 Å². The van der Waals surface area contributed by atoms with E-state index in [0.717, 1.165) is 0 Å². The third-order valence-electron chi connectivity index (χ3n) is 3.90. The Morgan fingerprint density at radius 2 is 2.10 bits per heavy atom. The van der Waals surface area contributed by atoms with Crippen LogP contribution in [-0.4, -0.2) is 40.0 Å². The van der Waals surface area contributed by atoms with Gasteiger partial charge < -0.3 is 10.0 Å². The number of likely N-dealkylation sites (tertiary alicyclic amines) is 1. The highest BCUT2D eigenvalue weighted by Crippen LogP contribution is 2.27. The van der Waals surface area contributed by atoms with Crippen molar-refractivity contribution in [2.75, 3.05) is 13.1 Å². The van der Waals surface area contributed by atoms with Crippen LogP contribution in [0.4, 0.5) is 5.69 Å². The van der Waals surface area contributed by atoms with Gasteiger partial charge in [-0.3, -0.25) is 14.9 Å². The maximum Gasteiger partial charge on any atom is 0.283 e. The number of aliphatic hydroxyl groups excluding tert-OH is 1. The normalized spacial score (nSPS) is 17.6. The number of nitro groups is 1. The fraction of sp³-hybridized carbons (Fsp3) is 0.500. The van der Waals surface area contributed by atoms with Crippen LogP contribution in [-0.2, 0) is 0 Å². The molecule has 0 saturated carbocycles. The first kappa shape index (κ1) is 15.7. The molecule has 0 aliphatic carbocycles. The predicted octanol–water partition coefficient (Wildman–Crippen LogP) is 2.48. The standard InChI is InChI=1S/C14H17ClN2O4/c1-9(18)10-4-6-16(7-5-10)14(19)12-3-2-11(15)8-13(12)17(20)21/h2-3,8-10,18H,4-7H2,1H3. The summed E-state index contributed by atoms with van der Waals surface area (Å²) in [6, 6.07) is 4.06. The van der Waals surface area contributed by atoms with E-state index in [2.05, 4.69) is 0 Å². The molecule has 0 spiro atoms. The Morgan fingerprint density at radius 3 is 2.62 bits per heavy atom. The number of carbonyl (C=O) groups excluding carboxylic acids is 1. The van der Waals surface area contributed by atoms with Crippen molar-refractivity contribution in [1.82, 2.24) is 4.90 Å². The van der Waals surface area contributed by atoms with Crippen molar-refractivity contribution in [3.8, 4) is 0 Å². The molecule has 1 aliphatic heterocycles. The summed E-state index contributed by atoms with van der Waals surface area (Å²) in [5.74, 6) is -0.184. The van der Waals surface area contributed by atoms with Crippen LogP contribution < -0.4 is 0 Å². The third kappa shape index (κ3) is 3.51. The molecular formula is C14H17ClN2O4. The largest absolute Gasteiger partial charge is 0.393 e. The van der Waals surface area contributed by atoms with Crippen molar-refractivity contribution in [2.24, 2.45) is 5.92 Å². The molecule has 1 heterocycles. The molecule has 7 heteroatoms. The molecule has 0 aromatic heterocycles. The molecule has 1 N–H and O–H groups in total. The first-order chi connectivity index (χ1) is 9.90. The Morgan fingerprint density at radius 1 is 1.48 bits per heavy atom. The highest BCUT2D eigenvalue weighted by atomic mass is 35.5. The number of aliphatic hydroxyl groups is 1. The van der Waals surface area contributed by atoms with Crippen LogP contribution in [0.3, 0.4) is 0 Å². The topological polar surface area (TPSA) is 83.7 Å². The van der Waals surface area contributed by atoms with Gasteiger partial charge in [-0.15, -0.1) is 0 Å². The van der Waals surface area contributed by atoms with Gasteiger partial charge in [0.25, 0.3) is 11.6 Å². The molecule has 1 aromatic carbocycles. The first-order valence-corrected chi connectivity index (χ1v) is 7.19. The lowest BCUT2D eigenvalue weighted by molar-refractivity contribution is -0.385. The van der Waals surface area contributed by atoms with Gasteiger partial charge in [-0.25, -0.2) is 0 Å². The van der Waals surface area contributed by atoms with Gasteiger partial charge in [0.15, 0.2) is 0 Å². The van der Waals surface area contributed by atoms with Gasteiger partial charge in [-0.05, 0) is 37.8 Å². The molecule has 1 fully saturated rings. The van der Waals surface area contributed by atoms with Crippen LogP contribution in [0.15, 0.2) is 18.2 Å². The highest BCUT2D eigenvalue weighted by molar-refractivity contribution is 6.31. The van der Waals surface area contributed by atoms with Crippen LogP contribution in [0.5, 0.6) is 0 Å². The molecule has 1 saturated heterocycles. The van der Waals surface area contributed by atoms with Crippen LogP contribution >= 0.6 is 11.6 Å². The van der Waals surface area contributed by atoms with E-state index in [1.54, 1.807) is 11.8 Å². The zero-order valence-corrected chi connectivity index (χ0v) is 12.4. The molecule has 2 rings (SSSR count). The van der Waals surface area contributed by atoms with E-state index in [1.165, 1.54) is 18.2 Å². The van der Waals surface area contributed by atoms with Gasteiger partial charge >= 0.3 is 0 Å². The summed E-state index contributed by atoms with van der Waals surface area (Å²) in [7, 11) is 0. The molecule has 1 aromatic rings. The Kier molecular flexibility index (Phi) is 4.80. The third-order valence-corrected chi connectivity index (χ3v) is 4.13. The molecule has 0 radical (unpaired) electrons. The number of hydrogen-bond donors (Lipinski definition) is 1. The quantitative estimate of drug-likeness (QED) is 0.686. The Balaban J connectivity index is 2.16. The van der Waals surface area contributed by atoms with Crippen LogP contribution in [0, 0.1) is 16.0 Å². The summed E-state index contributed by atoms with van der Waals surface area (Å²) < 4.78 is 0. The lowest BCUT2D eigenvalue weighted by atomic mass is 9.92. The number of nitro benzene ring substituents is 1. The zero-order chi connectivity index (χ0) is 15.6. The second-order valence-corrected chi connectivity index (χ2v) is 5.73. The van der Waals surface area contributed by atoms with Gasteiger partial charge in [0.1, 0.15) is 5.56 Å². The lowest BCUT2D eigenvalue weighted by Gasteiger charge is -2.33. The van der Waals surface area contributed by atoms with Gasteiger partial charge in [0.2, 0.25) is 0 Å². The van der Waals surface area contributed by atoms with Crippen molar-refractivity contribution in [3.63, 3.8) is 0 Å². The molecule has 1 unspecified atom stereocenters. The van der Waals surface area contributed by atoms with Gasteiger partial charge in [0.05, 0.1) is 11.0 Å². The Hall–Kier alpha value is -1.66. The number of amides is 1. The maximum atomic E-state index is 12.4. The number of piperidine rings is 1. The molecule has 1 atom stereocenters. The van der Waals surface area contributed by atoms with Gasteiger partial charge in [0, 0.05) is 24.2 Å². The van der Waals surface area contributed by atoms with Crippen LogP contribution in [0.2, 0.25) is 5.02 Å². The van der Waals surface area contributed by atoms with Crippen molar-refractivity contribution in [3.05, 3.63) is 38.9 Å². The Bertz CT molecular complexity index is 554. The summed E-state index contributed by atoms with van der Waals surface area (Å²) in [5, 5.41) is 20.8. The van der Waals surface area contributed by atoms with E-state index >= 15 is 0 Å². The van der Waals surface area contributed by atoms with Crippen molar-refractivity contribution < 1.29 is 14.8 Å². The minimum Gasteiger partial charge on any atom is -0.393 e. The summed E-state index contributed by atoms with van der Waals surface area (Å²) in [4.78, 5) is 24.5. The second-order valence-electron chi connectivity index (χ2n) is 5.29. The molecule has 1 aliphatic rings. The average Bonchev–Trinajstić information content (AvgIpc) is 2.46.